The highest BCUT2D eigenvalue weighted by molar-refractivity contribution is 7.13. The highest BCUT2D eigenvalue weighted by atomic mass is 32.1. The summed E-state index contributed by atoms with van der Waals surface area (Å²) in [5, 5.41) is 25.2. The number of aromatic nitrogens is 6. The number of benzene rings is 2. The predicted octanol–water partition coefficient (Wildman–Crippen LogP) is 7.81. The maximum atomic E-state index is 14.3. The number of thiazole rings is 1. The Morgan fingerprint density at radius 3 is 2.52 bits per heavy atom. The molecule has 3 N–H and O–H groups in total. The van der Waals surface area contributed by atoms with E-state index in [-0.39, 0.29) is 42.7 Å². The van der Waals surface area contributed by atoms with Crippen molar-refractivity contribution in [2.24, 2.45) is 11.8 Å². The lowest BCUT2D eigenvalue weighted by molar-refractivity contribution is -0.141. The summed E-state index contributed by atoms with van der Waals surface area (Å²) in [6.45, 7) is 15.3. The SMILES string of the molecule is Cc1ncsc1-c1ccc([C@H](C)NC(=O)[C@@H]2C[C@@H](O)CN2C(=O)[C@@H](c2cc(OCC3CCN(CCOc4nc(N5CC6CCC(C5)N6)c5cnc6c(c5n4)C(C)c4cccc5cncc-6c45)CC3)no2)C(C)C)cc1. The van der Waals surface area contributed by atoms with Crippen LogP contribution in [0.25, 0.3) is 43.4 Å². The number of hydrogen-bond acceptors (Lipinski definition) is 16. The number of piperidine rings is 1. The summed E-state index contributed by atoms with van der Waals surface area (Å²) in [5.74, 6) is 0.478. The molecule has 4 fully saturated rings. The van der Waals surface area contributed by atoms with Crippen molar-refractivity contribution in [1.82, 2.24) is 50.5 Å². The number of carbonyl (C=O) groups excluding carboxylic acids is 2. The van der Waals surface area contributed by atoms with Crippen LogP contribution < -0.4 is 25.0 Å². The van der Waals surface area contributed by atoms with Crippen molar-refractivity contribution in [2.75, 3.05) is 57.4 Å². The number of likely N-dealkylation sites (tertiary alicyclic amines) is 2. The van der Waals surface area contributed by atoms with E-state index in [1.165, 1.54) is 28.7 Å². The molecule has 2 amide bonds. The van der Waals surface area contributed by atoms with Gasteiger partial charge in [0, 0.05) is 91.8 Å². The number of aliphatic hydroxyl groups excluding tert-OH is 1. The fourth-order valence-corrected chi connectivity index (χ4v) is 13.2. The third-order valence-electron chi connectivity index (χ3n) is 16.4. The molecular formula is C57H65N11O6S. The average Bonchev–Trinajstić information content (AvgIpc) is 4.24. The number of rotatable bonds is 15. The number of pyridine rings is 2. The van der Waals surface area contributed by atoms with Crippen LogP contribution in [-0.2, 0) is 9.59 Å². The molecule has 5 aliphatic rings. The first kappa shape index (κ1) is 49.3. The molecule has 4 aliphatic heterocycles. The fraction of sp³-hybridized carbons (Fsp3) is 0.474. The number of fused-ring (bicyclic) bond motifs is 6. The quantitative estimate of drug-likeness (QED) is 0.0898. The van der Waals surface area contributed by atoms with Gasteiger partial charge in [0.25, 0.3) is 5.88 Å². The van der Waals surface area contributed by atoms with Crippen molar-refractivity contribution >= 4 is 50.6 Å². The first-order chi connectivity index (χ1) is 36.4. The fourth-order valence-electron chi connectivity index (χ4n) is 12.4. The van der Waals surface area contributed by atoms with E-state index in [0.29, 0.717) is 48.9 Å². The van der Waals surface area contributed by atoms with Crippen molar-refractivity contribution in [3.05, 3.63) is 101 Å². The molecule has 7 atom stereocenters. The number of aryl methyl sites for hydroxylation is 1. The average molecular weight is 1030 g/mol. The monoisotopic (exact) mass is 1030 g/mol. The number of amides is 2. The van der Waals surface area contributed by atoms with Crippen molar-refractivity contribution in [2.45, 2.75) is 109 Å². The standard InChI is InChI=1S/C57H65N11O6S/c1-31(2)48(56(71)68-28-41(69)21-45(68)55(70)61-33(4)36-9-11-37(12-10-36)53-34(5)60-30-75-53)46-22-47(65-74-46)73-29-35-15-17-66(18-16-35)19-20-72-57-63-52-44(54(64-57)67-26-39-13-14-40(27-67)62-39)25-59-51-43-24-58-23-38-7-6-8-42(50(38)43)32(3)49(51)52/h6-12,22-25,30-33,35,39-41,45,48,62,69H,13-21,26-29H2,1-5H3,(H,61,70)/t32?,33-,39?,40?,41+,45-,48+/m0/s1. The highest BCUT2D eigenvalue weighted by Crippen LogP contribution is 2.47. The Hall–Kier alpha value is -6.60. The number of piperazine rings is 1. The Morgan fingerprint density at radius 1 is 0.960 bits per heavy atom. The Balaban J connectivity index is 0.659. The molecule has 5 aromatic heterocycles. The van der Waals surface area contributed by atoms with Gasteiger partial charge in [0.1, 0.15) is 24.4 Å². The minimum atomic E-state index is -0.829. The maximum Gasteiger partial charge on any atom is 0.319 e. The van der Waals surface area contributed by atoms with E-state index in [9.17, 15) is 14.7 Å². The summed E-state index contributed by atoms with van der Waals surface area (Å²) in [6, 6.07) is 16.3. The Morgan fingerprint density at radius 2 is 1.76 bits per heavy atom. The van der Waals surface area contributed by atoms with E-state index in [1.807, 2.05) is 76.1 Å². The summed E-state index contributed by atoms with van der Waals surface area (Å²) in [5.41, 5.74) is 10.0. The van der Waals surface area contributed by atoms with E-state index in [4.69, 9.17) is 28.9 Å². The molecule has 3 unspecified atom stereocenters. The molecule has 2 bridgehead atoms. The molecule has 390 valence electrons. The van der Waals surface area contributed by atoms with Crippen molar-refractivity contribution in [3.63, 3.8) is 0 Å². The molecule has 18 heteroatoms. The van der Waals surface area contributed by atoms with Gasteiger partial charge in [-0.1, -0.05) is 63.2 Å². The van der Waals surface area contributed by atoms with Crippen LogP contribution in [-0.4, -0.2) is 134 Å². The Kier molecular flexibility index (Phi) is 13.5. The minimum Gasteiger partial charge on any atom is -0.475 e. The van der Waals surface area contributed by atoms with E-state index in [0.717, 1.165) is 106 Å². The summed E-state index contributed by atoms with van der Waals surface area (Å²) in [7, 11) is 0. The molecule has 2 aromatic carbocycles. The molecule has 4 saturated heterocycles. The lowest BCUT2D eigenvalue weighted by Gasteiger charge is -2.35. The van der Waals surface area contributed by atoms with Gasteiger partial charge >= 0.3 is 6.01 Å². The maximum absolute atomic E-state index is 14.3. The van der Waals surface area contributed by atoms with E-state index < -0.39 is 18.1 Å². The van der Waals surface area contributed by atoms with Crippen molar-refractivity contribution in [3.8, 4) is 33.6 Å². The molecule has 0 spiro atoms. The van der Waals surface area contributed by atoms with Gasteiger partial charge in [-0.3, -0.25) is 24.5 Å². The van der Waals surface area contributed by atoms with Crippen LogP contribution in [0.5, 0.6) is 11.9 Å². The molecule has 17 nitrogen and oxygen atoms in total. The largest absolute Gasteiger partial charge is 0.475 e. The van der Waals surface area contributed by atoms with E-state index in [2.05, 4.69) is 60.7 Å². The van der Waals surface area contributed by atoms with Crippen LogP contribution in [0.2, 0.25) is 0 Å². The van der Waals surface area contributed by atoms with Crippen LogP contribution in [0.1, 0.15) is 106 Å². The summed E-state index contributed by atoms with van der Waals surface area (Å²) < 4.78 is 18.5. The second kappa shape index (κ2) is 20.5. The van der Waals surface area contributed by atoms with Gasteiger partial charge in [0.15, 0.2) is 5.76 Å². The van der Waals surface area contributed by atoms with Crippen molar-refractivity contribution < 1.29 is 28.7 Å². The topological polar surface area (TPSA) is 197 Å². The number of anilines is 1. The molecule has 75 heavy (non-hydrogen) atoms. The number of nitrogens with zero attached hydrogens (tertiary/aromatic N) is 9. The van der Waals surface area contributed by atoms with Crippen LogP contribution in [0.4, 0.5) is 5.82 Å². The van der Waals surface area contributed by atoms with Gasteiger partial charge in [-0.15, -0.1) is 11.3 Å². The molecule has 0 saturated carbocycles. The summed E-state index contributed by atoms with van der Waals surface area (Å²) in [6.07, 6.45) is 9.37. The van der Waals surface area contributed by atoms with Gasteiger partial charge in [0.2, 0.25) is 11.8 Å². The third kappa shape index (κ3) is 9.59. The number of β-amino-alcohol motifs (C(OH)–C–C–N with tert-alkyl or cyclic N) is 1. The van der Waals surface area contributed by atoms with Gasteiger partial charge in [-0.05, 0) is 91.7 Å². The van der Waals surface area contributed by atoms with Crippen LogP contribution in [0, 0.1) is 18.8 Å². The van der Waals surface area contributed by atoms with Gasteiger partial charge in [-0.2, -0.15) is 9.97 Å². The molecule has 7 aromatic rings. The number of carbonyl (C=O) groups is 2. The number of nitrogens with one attached hydrogen (secondary N) is 2. The first-order valence-electron chi connectivity index (χ1n) is 26.8. The predicted molar refractivity (Wildman–Crippen MR) is 287 cm³/mol. The Bertz CT molecular complexity index is 3230. The van der Waals surface area contributed by atoms with E-state index >= 15 is 0 Å². The molecule has 1 aliphatic carbocycles. The van der Waals surface area contributed by atoms with Gasteiger partial charge < -0.3 is 39.5 Å². The van der Waals surface area contributed by atoms with Crippen molar-refractivity contribution in [1.29, 1.82) is 0 Å². The highest BCUT2D eigenvalue weighted by Gasteiger charge is 2.44. The second-order valence-electron chi connectivity index (χ2n) is 21.8. The molecule has 12 rings (SSSR count). The van der Waals surface area contributed by atoms with Gasteiger partial charge in [0.05, 0.1) is 51.4 Å². The Labute approximate surface area is 440 Å². The lowest BCUT2D eigenvalue weighted by atomic mass is 9.80. The number of ether oxygens (including phenoxy) is 2. The minimum absolute atomic E-state index is 0.0555. The zero-order valence-electron chi connectivity index (χ0n) is 43.2. The normalized spacial score (nSPS) is 22.5. The van der Waals surface area contributed by atoms with E-state index in [1.54, 1.807) is 17.4 Å². The van der Waals surface area contributed by atoms with Crippen LogP contribution in [0.3, 0.4) is 0 Å². The zero-order chi connectivity index (χ0) is 51.5. The molecular weight excluding hydrogens is 967 g/mol. The summed E-state index contributed by atoms with van der Waals surface area (Å²) >= 11 is 1.59. The number of hydrogen-bond donors (Lipinski definition) is 3. The smallest absolute Gasteiger partial charge is 0.319 e. The summed E-state index contributed by atoms with van der Waals surface area (Å²) in [4.78, 5) is 60.0. The van der Waals surface area contributed by atoms with Gasteiger partial charge in [-0.25, -0.2) is 4.98 Å². The number of aliphatic hydroxyl groups is 1. The third-order valence-corrected chi connectivity index (χ3v) is 17.4. The van der Waals surface area contributed by atoms with Crippen LogP contribution in [0.15, 0.2) is 77.2 Å². The zero-order valence-corrected chi connectivity index (χ0v) is 44.1. The van der Waals surface area contributed by atoms with Crippen LogP contribution >= 0.6 is 11.3 Å². The molecule has 0 radical (unpaired) electrons. The first-order valence-corrected chi connectivity index (χ1v) is 27.6. The molecule has 9 heterocycles. The second-order valence-corrected chi connectivity index (χ2v) is 22.6. The lowest BCUT2D eigenvalue weighted by Crippen LogP contribution is -2.51.